The Balaban J connectivity index is 0.00000289. The van der Waals surface area contributed by atoms with Crippen molar-refractivity contribution in [1.82, 2.24) is 0 Å². The molecular weight excluding hydrogens is 467 g/mol. The van der Waals surface area contributed by atoms with Crippen LogP contribution in [0, 0.1) is 0 Å². The van der Waals surface area contributed by atoms with Gasteiger partial charge in [0.2, 0.25) is 0 Å². The third-order valence-electron chi connectivity index (χ3n) is 4.60. The zero-order valence-corrected chi connectivity index (χ0v) is 20.1. The molecule has 0 radical (unpaired) electrons. The summed E-state index contributed by atoms with van der Waals surface area (Å²) in [5, 5.41) is 19.7. The van der Waals surface area contributed by atoms with E-state index in [4.69, 9.17) is 0 Å². The quantitative estimate of drug-likeness (QED) is 0.253. The molecule has 4 aromatic rings. The predicted molar refractivity (Wildman–Crippen MR) is 112 cm³/mol. The van der Waals surface area contributed by atoms with Crippen molar-refractivity contribution in [3.8, 4) is 5.75 Å². The van der Waals surface area contributed by atoms with Gasteiger partial charge in [0.1, 0.15) is 26.5 Å². The van der Waals surface area contributed by atoms with Gasteiger partial charge in [0.25, 0.3) is 10.1 Å². The topological polar surface area (TPSA) is 157 Å². The summed E-state index contributed by atoms with van der Waals surface area (Å²) in [5.41, 5.74) is 0.120. The standard InChI is InChI=1S/C20H14N2O7S2.Na/c23-17-9-8-13-10-14(30(24,25)26)11-18(31(27,28)29)19(13)20(17)22-21-16-7-3-5-12-4-1-2-6-15(12)16;/h1-11,23H,(H,24,25,26)(H,27,28,29);/q;+1/p-1. The van der Waals surface area contributed by atoms with Crippen molar-refractivity contribution in [3.63, 3.8) is 0 Å². The van der Waals surface area contributed by atoms with E-state index in [2.05, 4.69) is 10.2 Å². The van der Waals surface area contributed by atoms with Crippen LogP contribution in [0.4, 0.5) is 11.4 Å². The summed E-state index contributed by atoms with van der Waals surface area (Å²) in [6.45, 7) is 0. The maximum absolute atomic E-state index is 11.9. The number of hydrogen-bond acceptors (Lipinski definition) is 8. The summed E-state index contributed by atoms with van der Waals surface area (Å²) in [6.07, 6.45) is 0. The van der Waals surface area contributed by atoms with Crippen molar-refractivity contribution < 1.29 is 60.6 Å². The van der Waals surface area contributed by atoms with Gasteiger partial charge in [0.05, 0.1) is 10.6 Å². The van der Waals surface area contributed by atoms with Crippen molar-refractivity contribution in [3.05, 3.63) is 66.7 Å². The summed E-state index contributed by atoms with van der Waals surface area (Å²) < 4.78 is 67.8. The Labute approximate surface area is 205 Å². The first kappa shape index (κ1) is 24.3. The number of rotatable bonds is 4. The van der Waals surface area contributed by atoms with Gasteiger partial charge in [-0.05, 0) is 35.0 Å². The van der Waals surface area contributed by atoms with Crippen LogP contribution in [0.2, 0.25) is 0 Å². The molecule has 0 spiro atoms. The Morgan fingerprint density at radius 2 is 1.50 bits per heavy atom. The second kappa shape index (κ2) is 8.87. The van der Waals surface area contributed by atoms with Crippen LogP contribution in [-0.2, 0) is 20.2 Å². The first-order valence-corrected chi connectivity index (χ1v) is 11.5. The summed E-state index contributed by atoms with van der Waals surface area (Å²) in [4.78, 5) is -1.74. The van der Waals surface area contributed by atoms with E-state index < -0.39 is 35.8 Å². The van der Waals surface area contributed by atoms with Gasteiger partial charge >= 0.3 is 29.6 Å². The molecule has 158 valence electrons. The summed E-state index contributed by atoms with van der Waals surface area (Å²) in [5.74, 6) is -0.459. The van der Waals surface area contributed by atoms with E-state index in [1.807, 2.05) is 24.3 Å². The van der Waals surface area contributed by atoms with Crippen molar-refractivity contribution in [2.75, 3.05) is 0 Å². The number of nitrogens with zero attached hydrogens (tertiary/aromatic N) is 2. The van der Waals surface area contributed by atoms with Crippen LogP contribution in [0.1, 0.15) is 0 Å². The molecule has 4 aromatic carbocycles. The van der Waals surface area contributed by atoms with E-state index in [-0.39, 0.29) is 46.0 Å². The van der Waals surface area contributed by atoms with Gasteiger partial charge < -0.3 is 9.66 Å². The smallest absolute Gasteiger partial charge is 0.744 e. The fourth-order valence-corrected chi connectivity index (χ4v) is 4.58. The van der Waals surface area contributed by atoms with Gasteiger partial charge in [-0.25, -0.2) is 8.42 Å². The van der Waals surface area contributed by atoms with Crippen molar-refractivity contribution >= 4 is 53.2 Å². The van der Waals surface area contributed by atoms with Crippen LogP contribution < -0.4 is 29.6 Å². The van der Waals surface area contributed by atoms with Crippen LogP contribution in [-0.4, -0.2) is 31.0 Å². The molecule has 0 aliphatic carbocycles. The molecule has 0 saturated carbocycles. The Kier molecular flexibility index (Phi) is 6.72. The molecule has 9 nitrogen and oxygen atoms in total. The molecule has 32 heavy (non-hydrogen) atoms. The molecule has 0 aromatic heterocycles. The van der Waals surface area contributed by atoms with Gasteiger partial charge in [0.15, 0.2) is 0 Å². The van der Waals surface area contributed by atoms with Crippen LogP contribution >= 0.6 is 0 Å². The van der Waals surface area contributed by atoms with E-state index in [0.29, 0.717) is 11.8 Å². The first-order chi connectivity index (χ1) is 14.6. The second-order valence-electron chi connectivity index (χ2n) is 6.58. The average Bonchev–Trinajstić information content (AvgIpc) is 2.71. The molecule has 4 rings (SSSR count). The first-order valence-electron chi connectivity index (χ1n) is 8.68. The fourth-order valence-electron chi connectivity index (χ4n) is 3.22. The molecule has 12 heteroatoms. The van der Waals surface area contributed by atoms with Gasteiger partial charge in [-0.2, -0.15) is 8.42 Å². The molecule has 0 amide bonds. The summed E-state index contributed by atoms with van der Waals surface area (Å²) in [6, 6.07) is 16.4. The minimum absolute atomic E-state index is 0. The average molecular weight is 480 g/mol. The number of phenolic OH excluding ortho intramolecular Hbond substituents is 1. The minimum atomic E-state index is -5.02. The van der Waals surface area contributed by atoms with Gasteiger partial charge in [-0.15, -0.1) is 10.2 Å². The van der Waals surface area contributed by atoms with E-state index in [1.54, 1.807) is 18.2 Å². The molecule has 0 bridgehead atoms. The van der Waals surface area contributed by atoms with E-state index in [9.17, 15) is 31.0 Å². The Morgan fingerprint density at radius 1 is 0.812 bits per heavy atom. The van der Waals surface area contributed by atoms with Gasteiger partial charge in [-0.1, -0.05) is 42.5 Å². The van der Waals surface area contributed by atoms with Crippen LogP contribution in [0.3, 0.4) is 0 Å². The van der Waals surface area contributed by atoms with E-state index in [0.717, 1.165) is 22.9 Å². The number of aromatic hydroxyl groups is 1. The SMILES string of the molecule is O=S(=O)([O-])c1cc(S(=O)(=O)O)c2c(N=Nc3cccc4ccccc34)c(O)ccc2c1.[Na+]. The number of hydrogen-bond donors (Lipinski definition) is 2. The molecule has 0 heterocycles. The van der Waals surface area contributed by atoms with Crippen LogP contribution in [0.5, 0.6) is 5.75 Å². The minimum Gasteiger partial charge on any atom is -0.744 e. The third kappa shape index (κ3) is 4.69. The number of fused-ring (bicyclic) bond motifs is 2. The monoisotopic (exact) mass is 480 g/mol. The molecule has 0 aliphatic heterocycles. The van der Waals surface area contributed by atoms with E-state index in [1.165, 1.54) is 6.07 Å². The fraction of sp³-hybridized carbons (Fsp3) is 0. The molecular formula is C20H13N2NaO7S2. The molecule has 0 fully saturated rings. The maximum atomic E-state index is 11.9. The van der Waals surface area contributed by atoms with Crippen molar-refractivity contribution in [1.29, 1.82) is 0 Å². The Bertz CT molecular complexity index is 1600. The third-order valence-corrected chi connectivity index (χ3v) is 6.29. The number of azo groups is 1. The normalized spacial score (nSPS) is 12.3. The van der Waals surface area contributed by atoms with Gasteiger partial charge in [0, 0.05) is 10.8 Å². The Hall–Kier alpha value is -2.38. The molecule has 0 saturated heterocycles. The largest absolute Gasteiger partial charge is 1.00 e. The molecule has 2 N–H and O–H groups in total. The zero-order chi connectivity index (χ0) is 22.4. The molecule has 0 atom stereocenters. The van der Waals surface area contributed by atoms with Crippen molar-refractivity contribution in [2.45, 2.75) is 9.79 Å². The molecule has 0 aliphatic rings. The number of phenols is 1. The number of benzene rings is 4. The maximum Gasteiger partial charge on any atom is 1.00 e. The zero-order valence-electron chi connectivity index (χ0n) is 16.5. The second-order valence-corrected chi connectivity index (χ2v) is 9.35. The summed E-state index contributed by atoms with van der Waals surface area (Å²) in [7, 11) is -10.0. The Morgan fingerprint density at radius 3 is 2.19 bits per heavy atom. The van der Waals surface area contributed by atoms with Gasteiger partial charge in [-0.3, -0.25) is 4.55 Å². The van der Waals surface area contributed by atoms with Crippen molar-refractivity contribution in [2.24, 2.45) is 10.2 Å². The molecule has 0 unspecified atom stereocenters. The van der Waals surface area contributed by atoms with Crippen LogP contribution in [0.25, 0.3) is 21.5 Å². The predicted octanol–water partition coefficient (Wildman–Crippen LogP) is 1.27. The summed E-state index contributed by atoms with van der Waals surface area (Å²) >= 11 is 0. The van der Waals surface area contributed by atoms with E-state index >= 15 is 0 Å². The van der Waals surface area contributed by atoms with Crippen LogP contribution in [0.15, 0.2) is 86.7 Å².